The van der Waals surface area contributed by atoms with Gasteiger partial charge in [-0.3, -0.25) is 0 Å². The number of hydrogen-bond donors (Lipinski definition) is 1. The Balaban J connectivity index is 1.88. The maximum absolute atomic E-state index is 12.2. The van der Waals surface area contributed by atoms with Gasteiger partial charge in [0.2, 0.25) is 0 Å². The third-order valence-electron chi connectivity index (χ3n) is 3.18. The summed E-state index contributed by atoms with van der Waals surface area (Å²) in [4.78, 5) is 25.0. The summed E-state index contributed by atoms with van der Waals surface area (Å²) in [6.07, 6.45) is -0.753. The van der Waals surface area contributed by atoms with Gasteiger partial charge >= 0.3 is 12.2 Å². The number of nitrogens with one attached hydrogen (secondary N) is 1. The topological polar surface area (TPSA) is 67.9 Å². The van der Waals surface area contributed by atoms with E-state index >= 15 is 0 Å². The third-order valence-corrected chi connectivity index (χ3v) is 3.18. The van der Waals surface area contributed by atoms with Crippen LogP contribution in [0, 0.1) is 0 Å². The zero-order chi connectivity index (χ0) is 17.4. The van der Waals surface area contributed by atoms with Crippen molar-refractivity contribution >= 4 is 17.9 Å². The molecule has 0 atom stereocenters. The summed E-state index contributed by atoms with van der Waals surface area (Å²) in [7, 11) is 1.72. The van der Waals surface area contributed by atoms with E-state index < -0.39 is 6.16 Å². The van der Waals surface area contributed by atoms with Crippen LogP contribution in [0.5, 0.6) is 5.75 Å². The molecule has 0 saturated carbocycles. The van der Waals surface area contributed by atoms with Crippen LogP contribution in [0.15, 0.2) is 54.6 Å². The molecule has 1 N–H and O–H groups in total. The molecule has 0 fully saturated rings. The molecule has 6 nitrogen and oxygen atoms in total. The van der Waals surface area contributed by atoms with E-state index in [2.05, 4.69) is 5.32 Å². The first kappa shape index (κ1) is 17.3. The number of ether oxygens (including phenoxy) is 2. The third kappa shape index (κ3) is 5.31. The molecule has 2 aromatic rings. The van der Waals surface area contributed by atoms with Crippen LogP contribution in [0.2, 0.25) is 0 Å². The minimum absolute atomic E-state index is 0.224. The van der Waals surface area contributed by atoms with Crippen LogP contribution in [0.1, 0.15) is 12.5 Å². The van der Waals surface area contributed by atoms with Crippen molar-refractivity contribution in [2.75, 3.05) is 19.0 Å². The van der Waals surface area contributed by atoms with Crippen molar-refractivity contribution in [1.29, 1.82) is 0 Å². The van der Waals surface area contributed by atoms with Gasteiger partial charge in [-0.2, -0.15) is 0 Å². The molecule has 0 aliphatic carbocycles. The summed E-state index contributed by atoms with van der Waals surface area (Å²) in [5.41, 5.74) is 1.66. The van der Waals surface area contributed by atoms with Crippen LogP contribution in [-0.2, 0) is 11.3 Å². The average Bonchev–Trinajstić information content (AvgIpc) is 2.57. The summed E-state index contributed by atoms with van der Waals surface area (Å²) in [6.45, 7) is 2.46. The number of anilines is 1. The molecule has 0 bridgehead atoms. The molecule has 0 unspecified atom stereocenters. The number of benzene rings is 2. The lowest BCUT2D eigenvalue weighted by atomic mass is 10.2. The van der Waals surface area contributed by atoms with Gasteiger partial charge in [-0.1, -0.05) is 30.3 Å². The Hall–Kier alpha value is -3.02. The summed E-state index contributed by atoms with van der Waals surface area (Å²) in [5.74, 6) is 0.351. The van der Waals surface area contributed by atoms with E-state index in [9.17, 15) is 9.59 Å². The molecule has 0 aliphatic heterocycles. The van der Waals surface area contributed by atoms with Gasteiger partial charge < -0.3 is 19.7 Å². The predicted molar refractivity (Wildman–Crippen MR) is 91.0 cm³/mol. The molecule has 0 radical (unpaired) electrons. The Morgan fingerprint density at radius 3 is 2.33 bits per heavy atom. The molecule has 0 heterocycles. The van der Waals surface area contributed by atoms with E-state index in [0.717, 1.165) is 5.56 Å². The van der Waals surface area contributed by atoms with Crippen molar-refractivity contribution in [2.45, 2.75) is 13.5 Å². The van der Waals surface area contributed by atoms with Crippen molar-refractivity contribution in [3.8, 4) is 5.75 Å². The quantitative estimate of drug-likeness (QED) is 0.668. The number of amides is 2. The van der Waals surface area contributed by atoms with Gasteiger partial charge in [0.05, 0.1) is 6.61 Å². The van der Waals surface area contributed by atoms with Gasteiger partial charge in [0.15, 0.2) is 0 Å². The fourth-order valence-electron chi connectivity index (χ4n) is 2.00. The van der Waals surface area contributed by atoms with Crippen LogP contribution in [0.3, 0.4) is 0 Å². The Bertz CT molecular complexity index is 671. The Morgan fingerprint density at radius 1 is 1.04 bits per heavy atom. The number of carbonyl (C=O) groups excluding carboxylic acids is 2. The highest BCUT2D eigenvalue weighted by Crippen LogP contribution is 2.17. The highest BCUT2D eigenvalue weighted by atomic mass is 16.7. The molecule has 0 spiro atoms. The van der Waals surface area contributed by atoms with Crippen molar-refractivity contribution in [3.63, 3.8) is 0 Å². The maximum Gasteiger partial charge on any atom is 0.513 e. The number of nitrogens with zero attached hydrogens (tertiary/aromatic N) is 1. The summed E-state index contributed by atoms with van der Waals surface area (Å²) in [6, 6.07) is 16.0. The second-order valence-corrected chi connectivity index (χ2v) is 5.08. The zero-order valence-electron chi connectivity index (χ0n) is 13.7. The highest BCUT2D eigenvalue weighted by molar-refractivity contribution is 5.89. The van der Waals surface area contributed by atoms with Gasteiger partial charge in [-0.05, 0) is 36.8 Å². The van der Waals surface area contributed by atoms with Gasteiger partial charge in [0.1, 0.15) is 5.75 Å². The van der Waals surface area contributed by atoms with Gasteiger partial charge in [-0.15, -0.1) is 0 Å². The number of carbonyl (C=O) groups is 2. The minimum atomic E-state index is -0.753. The van der Waals surface area contributed by atoms with Crippen LogP contribution in [0.4, 0.5) is 15.3 Å². The Morgan fingerprint density at radius 2 is 1.71 bits per heavy atom. The van der Waals surface area contributed by atoms with Gasteiger partial charge in [-0.25, -0.2) is 9.59 Å². The van der Waals surface area contributed by atoms with Crippen LogP contribution in [0.25, 0.3) is 0 Å². The molecule has 0 saturated heterocycles. The lowest BCUT2D eigenvalue weighted by Crippen LogP contribution is -2.30. The van der Waals surface area contributed by atoms with E-state index in [1.54, 1.807) is 43.1 Å². The largest absolute Gasteiger partial charge is 0.513 e. The molecule has 2 aromatic carbocycles. The lowest BCUT2D eigenvalue weighted by molar-refractivity contribution is 0.104. The van der Waals surface area contributed by atoms with Crippen LogP contribution < -0.4 is 10.1 Å². The van der Waals surface area contributed by atoms with Gasteiger partial charge in [0.25, 0.3) is 0 Å². The maximum atomic E-state index is 12.2. The van der Waals surface area contributed by atoms with Crippen LogP contribution in [-0.4, -0.2) is 30.7 Å². The van der Waals surface area contributed by atoms with Crippen LogP contribution >= 0.6 is 0 Å². The predicted octanol–water partition coefficient (Wildman–Crippen LogP) is 3.89. The van der Waals surface area contributed by atoms with E-state index in [0.29, 0.717) is 18.0 Å². The summed E-state index contributed by atoms with van der Waals surface area (Å²) < 4.78 is 9.65. The lowest BCUT2D eigenvalue weighted by Gasteiger charge is -2.18. The standard InChI is InChI=1S/C18H20N2O4/c1-3-23-18(22)24-16-11-9-15(10-12-16)19-17(21)20(2)13-14-7-5-4-6-8-14/h4-12H,3,13H2,1-2H3,(H,19,21). The molecule has 2 rings (SSSR count). The van der Waals surface area contributed by atoms with Crippen molar-refractivity contribution in [2.24, 2.45) is 0 Å². The summed E-state index contributed by atoms with van der Waals surface area (Å²) in [5, 5.41) is 2.78. The average molecular weight is 328 g/mol. The fourth-order valence-corrected chi connectivity index (χ4v) is 2.00. The second-order valence-electron chi connectivity index (χ2n) is 5.08. The number of urea groups is 1. The number of rotatable bonds is 5. The first-order valence-corrected chi connectivity index (χ1v) is 7.59. The highest BCUT2D eigenvalue weighted by Gasteiger charge is 2.10. The van der Waals surface area contributed by atoms with E-state index in [-0.39, 0.29) is 12.6 Å². The first-order chi connectivity index (χ1) is 11.6. The fraction of sp³-hybridized carbons (Fsp3) is 0.222. The molecule has 6 heteroatoms. The molecule has 2 amide bonds. The molecule has 0 aromatic heterocycles. The number of hydrogen-bond acceptors (Lipinski definition) is 4. The van der Waals surface area contributed by atoms with Crippen molar-refractivity contribution in [1.82, 2.24) is 4.90 Å². The second kappa shape index (κ2) is 8.57. The summed E-state index contributed by atoms with van der Waals surface area (Å²) >= 11 is 0. The molecular formula is C18H20N2O4. The van der Waals surface area contributed by atoms with Crippen molar-refractivity contribution in [3.05, 3.63) is 60.2 Å². The first-order valence-electron chi connectivity index (χ1n) is 7.59. The van der Waals surface area contributed by atoms with Crippen molar-refractivity contribution < 1.29 is 19.1 Å². The molecule has 24 heavy (non-hydrogen) atoms. The monoisotopic (exact) mass is 328 g/mol. The molecule has 126 valence electrons. The molecular weight excluding hydrogens is 308 g/mol. The van der Waals surface area contributed by atoms with E-state index in [4.69, 9.17) is 9.47 Å². The van der Waals surface area contributed by atoms with Gasteiger partial charge in [0, 0.05) is 19.3 Å². The molecule has 0 aliphatic rings. The zero-order valence-corrected chi connectivity index (χ0v) is 13.7. The normalized spacial score (nSPS) is 9.92. The smallest absolute Gasteiger partial charge is 0.434 e. The van der Waals surface area contributed by atoms with E-state index in [1.807, 2.05) is 30.3 Å². The minimum Gasteiger partial charge on any atom is -0.434 e. The van der Waals surface area contributed by atoms with E-state index in [1.165, 1.54) is 0 Å². The Labute approximate surface area is 141 Å². The SMILES string of the molecule is CCOC(=O)Oc1ccc(NC(=O)N(C)Cc2ccccc2)cc1. The Kier molecular flexibility index (Phi) is 6.19.